The van der Waals surface area contributed by atoms with Crippen molar-refractivity contribution in [1.29, 1.82) is 0 Å². The Balaban J connectivity index is 2.78. The van der Waals surface area contributed by atoms with Gasteiger partial charge in [-0.25, -0.2) is 13.6 Å². The Morgan fingerprint density at radius 3 is 2.59 bits per heavy atom. The number of para-hydroxylation sites is 1. The Morgan fingerprint density at radius 2 is 2.00 bits per heavy atom. The fraction of sp³-hybridized carbons (Fsp3) is 0.100. The molecule has 0 unspecified atom stereocenters. The average Bonchev–Trinajstić information content (AvgIpc) is 2.56. The lowest BCUT2D eigenvalue weighted by Gasteiger charge is -2.02. The Bertz CT molecular complexity index is 688. The summed E-state index contributed by atoms with van der Waals surface area (Å²) in [7, 11) is -3.91. The number of nitrogens with two attached hydrogens (primary N) is 1. The summed E-state index contributed by atoms with van der Waals surface area (Å²) in [6.45, 7) is 1.30. The molecule has 1 aromatic heterocycles. The van der Waals surface area contributed by atoms with Crippen LogP contribution in [0.1, 0.15) is 6.92 Å². The number of fused-ring (bicyclic) bond motifs is 1. The normalized spacial score (nSPS) is 11.6. The molecule has 0 radical (unpaired) electrons. The largest absolute Gasteiger partial charge is 0.343 e. The van der Waals surface area contributed by atoms with Crippen molar-refractivity contribution in [3.63, 3.8) is 0 Å². The Hall–Kier alpha value is -1.86. The third-order valence-electron chi connectivity index (χ3n) is 2.26. The van der Waals surface area contributed by atoms with Crippen LogP contribution in [0.5, 0.6) is 0 Å². The summed E-state index contributed by atoms with van der Waals surface area (Å²) >= 11 is 0. The fourth-order valence-electron chi connectivity index (χ4n) is 1.63. The van der Waals surface area contributed by atoms with E-state index in [1.807, 2.05) is 0 Å². The second-order valence-corrected chi connectivity index (χ2v) is 5.10. The number of amides is 1. The molecule has 1 amide bonds. The van der Waals surface area contributed by atoms with Crippen LogP contribution in [0.25, 0.3) is 10.9 Å². The number of H-pyrrole nitrogens is 1. The van der Waals surface area contributed by atoms with Crippen LogP contribution < -0.4 is 10.5 Å². The van der Waals surface area contributed by atoms with Crippen molar-refractivity contribution in [3.8, 4) is 0 Å². The molecule has 0 saturated carbocycles. The molecule has 0 atom stereocenters. The molecule has 0 aliphatic heterocycles. The first-order valence-corrected chi connectivity index (χ1v) is 6.35. The molecule has 90 valence electrons. The van der Waals surface area contributed by atoms with E-state index in [4.69, 9.17) is 5.14 Å². The number of hydrogen-bond donors (Lipinski definition) is 3. The van der Waals surface area contributed by atoms with Crippen LogP contribution in [0, 0.1) is 0 Å². The topological polar surface area (TPSA) is 105 Å². The summed E-state index contributed by atoms with van der Waals surface area (Å²) < 4.78 is 22.8. The van der Waals surface area contributed by atoms with E-state index in [-0.39, 0.29) is 16.6 Å². The quantitative estimate of drug-likeness (QED) is 0.736. The summed E-state index contributed by atoms with van der Waals surface area (Å²) in [6.07, 6.45) is 0. The Kier molecular flexibility index (Phi) is 2.64. The molecule has 0 aliphatic rings. The lowest BCUT2D eigenvalue weighted by atomic mass is 10.2. The standard InChI is InChI=1S/C10H11N3O3S/c1-6(14)12-9-7-4-2-3-5-8(7)13-10(9)17(11,15)16/h2-5,13H,1H3,(H,12,14)(H2,11,15,16). The molecular formula is C10H11N3O3S. The minimum absolute atomic E-state index is 0.186. The van der Waals surface area contributed by atoms with Crippen LogP contribution in [0.2, 0.25) is 0 Å². The summed E-state index contributed by atoms with van der Waals surface area (Å²) in [5.41, 5.74) is 0.788. The molecule has 6 nitrogen and oxygen atoms in total. The van der Waals surface area contributed by atoms with Crippen LogP contribution in [0.15, 0.2) is 29.3 Å². The van der Waals surface area contributed by atoms with Gasteiger partial charge in [-0.2, -0.15) is 0 Å². The number of aromatic amines is 1. The Morgan fingerprint density at radius 1 is 1.35 bits per heavy atom. The maximum Gasteiger partial charge on any atom is 0.255 e. The third kappa shape index (κ3) is 2.15. The van der Waals surface area contributed by atoms with Gasteiger partial charge in [0, 0.05) is 17.8 Å². The fourth-order valence-corrected chi connectivity index (χ4v) is 2.33. The molecule has 0 fully saturated rings. The number of hydrogen-bond acceptors (Lipinski definition) is 3. The predicted molar refractivity (Wildman–Crippen MR) is 64.0 cm³/mol. The second-order valence-electron chi connectivity index (χ2n) is 3.60. The highest BCUT2D eigenvalue weighted by Gasteiger charge is 2.20. The lowest BCUT2D eigenvalue weighted by Crippen LogP contribution is -2.16. The predicted octanol–water partition coefficient (Wildman–Crippen LogP) is 0.774. The zero-order chi connectivity index (χ0) is 12.6. The van der Waals surface area contributed by atoms with Crippen LogP contribution in [-0.4, -0.2) is 19.3 Å². The van der Waals surface area contributed by atoms with Crippen molar-refractivity contribution >= 4 is 32.5 Å². The highest BCUT2D eigenvalue weighted by molar-refractivity contribution is 7.89. The van der Waals surface area contributed by atoms with Crippen LogP contribution in [0.4, 0.5) is 5.69 Å². The van der Waals surface area contributed by atoms with Crippen molar-refractivity contribution in [2.75, 3.05) is 5.32 Å². The van der Waals surface area contributed by atoms with Crippen LogP contribution in [-0.2, 0) is 14.8 Å². The maximum atomic E-state index is 11.4. The first-order valence-electron chi connectivity index (χ1n) is 4.80. The van der Waals surface area contributed by atoms with Gasteiger partial charge in [-0.15, -0.1) is 0 Å². The molecule has 0 saturated heterocycles. The summed E-state index contributed by atoms with van der Waals surface area (Å²) in [6, 6.07) is 6.90. The van der Waals surface area contributed by atoms with Crippen molar-refractivity contribution in [3.05, 3.63) is 24.3 Å². The number of rotatable bonds is 2. The number of carbonyl (C=O) groups excluding carboxylic acids is 1. The van der Waals surface area contributed by atoms with Gasteiger partial charge >= 0.3 is 0 Å². The van der Waals surface area contributed by atoms with Gasteiger partial charge < -0.3 is 10.3 Å². The van der Waals surface area contributed by atoms with Crippen LogP contribution >= 0.6 is 0 Å². The van der Waals surface area contributed by atoms with Gasteiger partial charge in [0.15, 0.2) is 5.03 Å². The lowest BCUT2D eigenvalue weighted by molar-refractivity contribution is -0.114. The smallest absolute Gasteiger partial charge is 0.255 e. The zero-order valence-corrected chi connectivity index (χ0v) is 9.84. The SMILES string of the molecule is CC(=O)Nc1c(S(N)(=O)=O)[nH]c2ccccc12. The van der Waals surface area contributed by atoms with Crippen molar-refractivity contribution in [1.82, 2.24) is 4.98 Å². The van der Waals surface area contributed by atoms with Crippen molar-refractivity contribution in [2.45, 2.75) is 11.9 Å². The van der Waals surface area contributed by atoms with Gasteiger partial charge in [-0.3, -0.25) is 4.79 Å². The van der Waals surface area contributed by atoms with Crippen LogP contribution in [0.3, 0.4) is 0 Å². The minimum atomic E-state index is -3.91. The van der Waals surface area contributed by atoms with Crippen molar-refractivity contribution < 1.29 is 13.2 Å². The van der Waals surface area contributed by atoms with Gasteiger partial charge in [0.25, 0.3) is 10.0 Å². The van der Waals surface area contributed by atoms with E-state index < -0.39 is 10.0 Å². The first kappa shape index (κ1) is 11.6. The zero-order valence-electron chi connectivity index (χ0n) is 9.02. The van der Waals surface area contributed by atoms with Gasteiger partial charge in [0.1, 0.15) is 0 Å². The van der Waals surface area contributed by atoms with Crippen molar-refractivity contribution in [2.24, 2.45) is 5.14 Å². The molecule has 1 heterocycles. The number of aromatic nitrogens is 1. The molecule has 0 bridgehead atoms. The second kappa shape index (κ2) is 3.86. The van der Waals surface area contributed by atoms with Gasteiger partial charge in [0.2, 0.25) is 5.91 Å². The van der Waals surface area contributed by atoms with Gasteiger partial charge in [0.05, 0.1) is 5.69 Å². The molecular weight excluding hydrogens is 242 g/mol. The molecule has 7 heteroatoms. The van der Waals surface area contributed by atoms with E-state index in [0.717, 1.165) is 0 Å². The number of nitrogens with one attached hydrogen (secondary N) is 2. The Labute approximate surface area is 97.9 Å². The van der Waals surface area contributed by atoms with Gasteiger partial charge in [-0.1, -0.05) is 18.2 Å². The van der Waals surface area contributed by atoms with E-state index in [2.05, 4.69) is 10.3 Å². The molecule has 17 heavy (non-hydrogen) atoms. The van der Waals surface area contributed by atoms with E-state index in [0.29, 0.717) is 10.9 Å². The maximum absolute atomic E-state index is 11.4. The number of primary sulfonamides is 1. The number of sulfonamides is 1. The first-order chi connectivity index (χ1) is 7.89. The minimum Gasteiger partial charge on any atom is -0.343 e. The van der Waals surface area contributed by atoms with Gasteiger partial charge in [-0.05, 0) is 6.07 Å². The third-order valence-corrected chi connectivity index (χ3v) is 3.13. The molecule has 1 aromatic carbocycles. The highest BCUT2D eigenvalue weighted by atomic mass is 32.2. The molecule has 2 aromatic rings. The van der Waals surface area contributed by atoms with E-state index in [1.165, 1.54) is 6.92 Å². The number of anilines is 1. The molecule has 0 aliphatic carbocycles. The summed E-state index contributed by atoms with van der Waals surface area (Å²) in [5, 5.41) is 7.98. The molecule has 0 spiro atoms. The summed E-state index contributed by atoms with van der Waals surface area (Å²) in [5.74, 6) is -0.361. The molecule has 4 N–H and O–H groups in total. The summed E-state index contributed by atoms with van der Waals surface area (Å²) in [4.78, 5) is 13.8. The van der Waals surface area contributed by atoms with E-state index in [1.54, 1.807) is 24.3 Å². The van der Waals surface area contributed by atoms with E-state index >= 15 is 0 Å². The molecule has 2 rings (SSSR count). The monoisotopic (exact) mass is 253 g/mol. The highest BCUT2D eigenvalue weighted by Crippen LogP contribution is 2.29. The number of carbonyl (C=O) groups is 1. The average molecular weight is 253 g/mol. The number of benzene rings is 1. The van der Waals surface area contributed by atoms with E-state index in [9.17, 15) is 13.2 Å².